The molecule has 0 radical (unpaired) electrons. The molecule has 0 fully saturated rings. The summed E-state index contributed by atoms with van der Waals surface area (Å²) in [5, 5.41) is 13.3. The first-order chi connectivity index (χ1) is 6.97. The van der Waals surface area contributed by atoms with Gasteiger partial charge in [0.15, 0.2) is 0 Å². The van der Waals surface area contributed by atoms with Gasteiger partial charge >= 0.3 is 5.97 Å². The number of rotatable bonds is 7. The van der Waals surface area contributed by atoms with Gasteiger partial charge in [-0.05, 0) is 12.3 Å². The van der Waals surface area contributed by atoms with Gasteiger partial charge in [-0.2, -0.15) is 0 Å². The predicted molar refractivity (Wildman–Crippen MR) is 53.1 cm³/mol. The fraction of sp³-hybridized carbons (Fsp3) is 0.667. The maximum Gasteiger partial charge on any atom is 0.326 e. The highest BCUT2D eigenvalue weighted by molar-refractivity contribution is 5.85. The fourth-order valence-electron chi connectivity index (χ4n) is 1.07. The molecule has 0 bridgehead atoms. The minimum atomic E-state index is -1.07. The van der Waals surface area contributed by atoms with Crippen LogP contribution in [-0.4, -0.2) is 36.0 Å². The zero-order valence-corrected chi connectivity index (χ0v) is 8.82. The molecule has 0 aliphatic rings. The van der Waals surface area contributed by atoms with Crippen molar-refractivity contribution in [3.05, 3.63) is 0 Å². The summed E-state index contributed by atoms with van der Waals surface area (Å²) in [6.45, 7) is 3.53. The van der Waals surface area contributed by atoms with Gasteiger partial charge in [0.2, 0.25) is 12.3 Å². The van der Waals surface area contributed by atoms with Crippen LogP contribution in [0, 0.1) is 5.92 Å². The lowest BCUT2D eigenvalue weighted by atomic mass is 10.0. The number of carbonyl (C=O) groups is 3. The molecular formula is C9H16N2O4. The first-order valence-electron chi connectivity index (χ1n) is 4.66. The molecule has 3 N–H and O–H groups in total. The number of carboxylic acids is 1. The Bertz CT molecular complexity index is 240. The van der Waals surface area contributed by atoms with E-state index in [2.05, 4.69) is 10.6 Å². The van der Waals surface area contributed by atoms with E-state index in [0.717, 1.165) is 0 Å². The van der Waals surface area contributed by atoms with Crippen LogP contribution >= 0.6 is 0 Å². The third kappa shape index (κ3) is 6.48. The molecule has 0 unspecified atom stereocenters. The normalized spacial score (nSPS) is 11.9. The van der Waals surface area contributed by atoms with E-state index in [4.69, 9.17) is 5.11 Å². The molecule has 0 rings (SSSR count). The standard InChI is InChI=1S/C9H16N2O4/c1-6(2)3-7(9(14)15)11-8(13)4-10-5-12/h5-7H,3-4H2,1-2H3,(H,10,12)(H,11,13)(H,14,15)/t7-/m1/s1. The molecular weight excluding hydrogens is 200 g/mol. The Kier molecular flexibility index (Phi) is 6.08. The number of aliphatic carboxylic acids is 1. The lowest BCUT2D eigenvalue weighted by Crippen LogP contribution is -2.45. The molecule has 6 heteroatoms. The second-order valence-electron chi connectivity index (χ2n) is 3.59. The van der Waals surface area contributed by atoms with Gasteiger partial charge in [-0.25, -0.2) is 4.79 Å². The summed E-state index contributed by atoms with van der Waals surface area (Å²) < 4.78 is 0. The Labute approximate surface area is 88.0 Å². The van der Waals surface area contributed by atoms with Crippen LogP contribution in [0.5, 0.6) is 0 Å². The van der Waals surface area contributed by atoms with Gasteiger partial charge in [0, 0.05) is 0 Å². The number of hydrogen-bond donors (Lipinski definition) is 3. The summed E-state index contributed by atoms with van der Waals surface area (Å²) in [4.78, 5) is 31.7. The lowest BCUT2D eigenvalue weighted by molar-refractivity contribution is -0.142. The maximum absolute atomic E-state index is 11.1. The van der Waals surface area contributed by atoms with Crippen molar-refractivity contribution in [2.75, 3.05) is 6.54 Å². The van der Waals surface area contributed by atoms with Gasteiger partial charge in [-0.3, -0.25) is 9.59 Å². The number of hydrogen-bond acceptors (Lipinski definition) is 3. The molecule has 0 spiro atoms. The van der Waals surface area contributed by atoms with E-state index in [9.17, 15) is 14.4 Å². The first-order valence-corrected chi connectivity index (χ1v) is 4.66. The molecule has 6 nitrogen and oxygen atoms in total. The van der Waals surface area contributed by atoms with Gasteiger partial charge in [0.1, 0.15) is 6.04 Å². The van der Waals surface area contributed by atoms with E-state index in [1.807, 2.05) is 13.8 Å². The van der Waals surface area contributed by atoms with Crippen molar-refractivity contribution in [3.8, 4) is 0 Å². The molecule has 0 aromatic carbocycles. The monoisotopic (exact) mass is 216 g/mol. The molecule has 1 atom stereocenters. The van der Waals surface area contributed by atoms with E-state index in [0.29, 0.717) is 12.8 Å². The molecule has 0 saturated carbocycles. The van der Waals surface area contributed by atoms with Crippen molar-refractivity contribution in [1.29, 1.82) is 0 Å². The third-order valence-corrected chi connectivity index (χ3v) is 1.69. The summed E-state index contributed by atoms with van der Waals surface area (Å²) in [6, 6.07) is -0.897. The Hall–Kier alpha value is -1.59. The average Bonchev–Trinajstić information content (AvgIpc) is 2.12. The Morgan fingerprint density at radius 1 is 1.40 bits per heavy atom. The summed E-state index contributed by atoms with van der Waals surface area (Å²) >= 11 is 0. The Morgan fingerprint density at radius 2 is 2.00 bits per heavy atom. The third-order valence-electron chi connectivity index (χ3n) is 1.69. The summed E-state index contributed by atoms with van der Waals surface area (Å²) in [7, 11) is 0. The molecule has 0 aliphatic carbocycles. The minimum absolute atomic E-state index is 0.172. The van der Waals surface area contributed by atoms with Crippen LogP contribution < -0.4 is 10.6 Å². The smallest absolute Gasteiger partial charge is 0.326 e. The largest absolute Gasteiger partial charge is 0.480 e. The van der Waals surface area contributed by atoms with Crippen LogP contribution in [-0.2, 0) is 14.4 Å². The zero-order chi connectivity index (χ0) is 11.8. The van der Waals surface area contributed by atoms with Gasteiger partial charge in [-0.15, -0.1) is 0 Å². The number of nitrogens with one attached hydrogen (secondary N) is 2. The first kappa shape index (κ1) is 13.4. The van der Waals surface area contributed by atoms with Gasteiger partial charge in [0.25, 0.3) is 0 Å². The molecule has 0 aliphatic heterocycles. The van der Waals surface area contributed by atoms with Crippen molar-refractivity contribution >= 4 is 18.3 Å². The SMILES string of the molecule is CC(C)C[C@@H](NC(=O)CNC=O)C(=O)O. The Balaban J connectivity index is 4.10. The molecule has 0 heterocycles. The number of amides is 2. The van der Waals surface area contributed by atoms with Crippen molar-refractivity contribution in [3.63, 3.8) is 0 Å². The summed E-state index contributed by atoms with van der Waals surface area (Å²) in [5.74, 6) is -1.40. The van der Waals surface area contributed by atoms with E-state index in [1.54, 1.807) is 0 Å². The average molecular weight is 216 g/mol. The molecule has 0 saturated heterocycles. The van der Waals surface area contributed by atoms with E-state index in [-0.39, 0.29) is 12.5 Å². The second kappa shape index (κ2) is 6.80. The van der Waals surface area contributed by atoms with Crippen molar-refractivity contribution in [1.82, 2.24) is 10.6 Å². The van der Waals surface area contributed by atoms with E-state index < -0.39 is 17.9 Å². The number of carboxylic acid groups (broad SMARTS) is 1. The van der Waals surface area contributed by atoms with Crippen molar-refractivity contribution in [2.24, 2.45) is 5.92 Å². The quantitative estimate of drug-likeness (QED) is 0.493. The highest BCUT2D eigenvalue weighted by Crippen LogP contribution is 2.04. The molecule has 15 heavy (non-hydrogen) atoms. The number of carbonyl (C=O) groups excluding carboxylic acids is 2. The van der Waals surface area contributed by atoms with Crippen molar-refractivity contribution < 1.29 is 19.5 Å². The second-order valence-corrected chi connectivity index (χ2v) is 3.59. The molecule has 0 aromatic rings. The van der Waals surface area contributed by atoms with E-state index >= 15 is 0 Å². The Morgan fingerprint density at radius 3 is 2.40 bits per heavy atom. The van der Waals surface area contributed by atoms with Crippen LogP contribution in [0.1, 0.15) is 20.3 Å². The highest BCUT2D eigenvalue weighted by atomic mass is 16.4. The summed E-state index contributed by atoms with van der Waals surface area (Å²) in [5.41, 5.74) is 0. The minimum Gasteiger partial charge on any atom is -0.480 e. The van der Waals surface area contributed by atoms with Crippen LogP contribution in [0.15, 0.2) is 0 Å². The molecule has 2 amide bonds. The van der Waals surface area contributed by atoms with Crippen molar-refractivity contribution in [2.45, 2.75) is 26.3 Å². The van der Waals surface area contributed by atoms with E-state index in [1.165, 1.54) is 0 Å². The fourth-order valence-corrected chi connectivity index (χ4v) is 1.07. The summed E-state index contributed by atoms with van der Waals surface area (Å²) in [6.07, 6.45) is 0.750. The highest BCUT2D eigenvalue weighted by Gasteiger charge is 2.20. The van der Waals surface area contributed by atoms with Crippen LogP contribution in [0.4, 0.5) is 0 Å². The topological polar surface area (TPSA) is 95.5 Å². The molecule has 0 aromatic heterocycles. The van der Waals surface area contributed by atoms with Gasteiger partial charge in [0.05, 0.1) is 6.54 Å². The van der Waals surface area contributed by atoms with Crippen LogP contribution in [0.2, 0.25) is 0 Å². The van der Waals surface area contributed by atoms with Crippen LogP contribution in [0.25, 0.3) is 0 Å². The maximum atomic E-state index is 11.1. The molecule has 86 valence electrons. The zero-order valence-electron chi connectivity index (χ0n) is 8.82. The lowest BCUT2D eigenvalue weighted by Gasteiger charge is -2.16. The van der Waals surface area contributed by atoms with Gasteiger partial charge < -0.3 is 15.7 Å². The van der Waals surface area contributed by atoms with Crippen LogP contribution in [0.3, 0.4) is 0 Å². The predicted octanol–water partition coefficient (Wildman–Crippen LogP) is -0.652. The van der Waals surface area contributed by atoms with Gasteiger partial charge in [-0.1, -0.05) is 13.8 Å².